The SMILES string of the molecule is CC(CO)SCCCC(=O)NN. The third kappa shape index (κ3) is 6.45. The van der Waals surface area contributed by atoms with Gasteiger partial charge in [0, 0.05) is 11.7 Å². The summed E-state index contributed by atoms with van der Waals surface area (Å²) in [6.07, 6.45) is 1.26. The van der Waals surface area contributed by atoms with Gasteiger partial charge in [0.2, 0.25) is 5.91 Å². The molecule has 0 bridgehead atoms. The number of amides is 1. The number of thioether (sulfide) groups is 1. The highest BCUT2D eigenvalue weighted by Gasteiger charge is 2.01. The van der Waals surface area contributed by atoms with Gasteiger partial charge in [-0.25, -0.2) is 5.84 Å². The van der Waals surface area contributed by atoms with Gasteiger partial charge in [0.25, 0.3) is 0 Å². The van der Waals surface area contributed by atoms with Crippen molar-refractivity contribution in [2.75, 3.05) is 12.4 Å². The van der Waals surface area contributed by atoms with Crippen LogP contribution in [0.5, 0.6) is 0 Å². The van der Waals surface area contributed by atoms with E-state index < -0.39 is 0 Å². The van der Waals surface area contributed by atoms with E-state index in [0.717, 1.165) is 12.2 Å². The second-order valence-electron chi connectivity index (χ2n) is 2.54. The van der Waals surface area contributed by atoms with Crippen molar-refractivity contribution in [1.29, 1.82) is 0 Å². The molecule has 0 rings (SSSR count). The minimum absolute atomic E-state index is 0.132. The van der Waals surface area contributed by atoms with Gasteiger partial charge in [-0.2, -0.15) is 11.8 Å². The van der Waals surface area contributed by atoms with Gasteiger partial charge in [-0.05, 0) is 12.2 Å². The van der Waals surface area contributed by atoms with Gasteiger partial charge in [-0.3, -0.25) is 10.2 Å². The van der Waals surface area contributed by atoms with E-state index in [1.54, 1.807) is 11.8 Å². The van der Waals surface area contributed by atoms with Gasteiger partial charge in [0.1, 0.15) is 0 Å². The van der Waals surface area contributed by atoms with E-state index in [4.69, 9.17) is 10.9 Å². The first-order valence-corrected chi connectivity index (χ1v) is 4.97. The van der Waals surface area contributed by atoms with Gasteiger partial charge < -0.3 is 5.11 Å². The van der Waals surface area contributed by atoms with Crippen LogP contribution in [0.2, 0.25) is 0 Å². The van der Waals surface area contributed by atoms with Crippen molar-refractivity contribution in [2.45, 2.75) is 25.0 Å². The summed E-state index contributed by atoms with van der Waals surface area (Å²) in [5.74, 6) is 5.65. The molecule has 0 aromatic carbocycles. The van der Waals surface area contributed by atoms with E-state index >= 15 is 0 Å². The number of carbonyl (C=O) groups is 1. The molecule has 4 N–H and O–H groups in total. The summed E-state index contributed by atoms with van der Waals surface area (Å²) in [6.45, 7) is 2.14. The van der Waals surface area contributed by atoms with Crippen LogP contribution < -0.4 is 11.3 Å². The molecule has 0 spiro atoms. The first-order valence-electron chi connectivity index (χ1n) is 3.92. The molecule has 0 radical (unpaired) electrons. The zero-order valence-corrected chi connectivity index (χ0v) is 8.06. The molecule has 0 saturated carbocycles. The molecule has 4 nitrogen and oxygen atoms in total. The smallest absolute Gasteiger partial charge is 0.233 e. The lowest BCUT2D eigenvalue weighted by Gasteiger charge is -2.06. The Hall–Kier alpha value is -0.260. The largest absolute Gasteiger partial charge is 0.395 e. The van der Waals surface area contributed by atoms with Gasteiger partial charge in [-0.15, -0.1) is 0 Å². The number of hydrazine groups is 1. The molecule has 1 atom stereocenters. The Kier molecular flexibility index (Phi) is 7.23. The third-order valence-corrected chi connectivity index (χ3v) is 2.61. The lowest BCUT2D eigenvalue weighted by molar-refractivity contribution is -0.121. The lowest BCUT2D eigenvalue weighted by Crippen LogP contribution is -2.29. The third-order valence-electron chi connectivity index (χ3n) is 1.37. The molecule has 72 valence electrons. The topological polar surface area (TPSA) is 75.3 Å². The Labute approximate surface area is 76.9 Å². The van der Waals surface area contributed by atoms with Gasteiger partial charge in [0.15, 0.2) is 0 Å². The fraction of sp³-hybridized carbons (Fsp3) is 0.857. The van der Waals surface area contributed by atoms with Crippen molar-refractivity contribution in [3.8, 4) is 0 Å². The number of hydrogen-bond acceptors (Lipinski definition) is 4. The molecule has 0 saturated heterocycles. The number of aliphatic hydroxyl groups is 1. The van der Waals surface area contributed by atoms with E-state index in [1.807, 2.05) is 6.92 Å². The van der Waals surface area contributed by atoms with Crippen LogP contribution in [0.1, 0.15) is 19.8 Å². The molecule has 1 amide bonds. The maximum absolute atomic E-state index is 10.6. The number of rotatable bonds is 6. The molecule has 0 fully saturated rings. The van der Waals surface area contributed by atoms with Crippen molar-refractivity contribution in [1.82, 2.24) is 5.43 Å². The Morgan fingerprint density at radius 1 is 1.75 bits per heavy atom. The average Bonchev–Trinajstić information content (AvgIpc) is 2.11. The molecule has 0 aliphatic heterocycles. The van der Waals surface area contributed by atoms with E-state index in [9.17, 15) is 4.79 Å². The monoisotopic (exact) mass is 192 g/mol. The summed E-state index contributed by atoms with van der Waals surface area (Å²) in [5.41, 5.74) is 2.07. The Morgan fingerprint density at radius 3 is 2.92 bits per heavy atom. The minimum atomic E-state index is -0.132. The fourth-order valence-electron chi connectivity index (χ4n) is 0.642. The predicted octanol–water partition coefficient (Wildman–Crippen LogP) is -0.130. The Balaban J connectivity index is 3.15. The van der Waals surface area contributed by atoms with Crippen molar-refractivity contribution < 1.29 is 9.90 Å². The first kappa shape index (κ1) is 11.7. The van der Waals surface area contributed by atoms with Crippen LogP contribution in [0.15, 0.2) is 0 Å². The summed E-state index contributed by atoms with van der Waals surface area (Å²) < 4.78 is 0. The molecule has 0 aliphatic rings. The maximum Gasteiger partial charge on any atom is 0.233 e. The molecular weight excluding hydrogens is 176 g/mol. The standard InChI is InChI=1S/C7H16N2O2S/c1-6(5-10)12-4-2-3-7(11)9-8/h6,10H,2-5,8H2,1H3,(H,9,11). The summed E-state index contributed by atoms with van der Waals surface area (Å²) in [6, 6.07) is 0. The molecule has 0 aliphatic carbocycles. The second-order valence-corrected chi connectivity index (χ2v) is 4.08. The number of carbonyl (C=O) groups excluding carboxylic acids is 1. The first-order chi connectivity index (χ1) is 5.70. The Bertz CT molecular complexity index is 133. The highest BCUT2D eigenvalue weighted by atomic mass is 32.2. The summed E-state index contributed by atoms with van der Waals surface area (Å²) in [7, 11) is 0. The van der Waals surface area contributed by atoms with E-state index in [0.29, 0.717) is 6.42 Å². The molecule has 5 heteroatoms. The van der Waals surface area contributed by atoms with Crippen LogP contribution in [-0.2, 0) is 4.79 Å². The van der Waals surface area contributed by atoms with Crippen LogP contribution in [0.4, 0.5) is 0 Å². The minimum Gasteiger partial charge on any atom is -0.395 e. The molecule has 0 aromatic rings. The number of aliphatic hydroxyl groups excluding tert-OH is 1. The van der Waals surface area contributed by atoms with Crippen molar-refractivity contribution in [3.63, 3.8) is 0 Å². The molecular formula is C7H16N2O2S. The normalized spacial score (nSPS) is 12.6. The van der Waals surface area contributed by atoms with E-state index in [2.05, 4.69) is 5.43 Å². The van der Waals surface area contributed by atoms with Crippen molar-refractivity contribution in [3.05, 3.63) is 0 Å². The van der Waals surface area contributed by atoms with Crippen LogP contribution in [0.3, 0.4) is 0 Å². The summed E-state index contributed by atoms with van der Waals surface area (Å²) in [5, 5.41) is 8.92. The van der Waals surface area contributed by atoms with Crippen LogP contribution in [0, 0.1) is 0 Å². The zero-order valence-electron chi connectivity index (χ0n) is 7.25. The lowest BCUT2D eigenvalue weighted by atomic mass is 10.3. The zero-order chi connectivity index (χ0) is 9.40. The fourth-order valence-corrected chi connectivity index (χ4v) is 1.46. The molecule has 0 heterocycles. The summed E-state index contributed by atoms with van der Waals surface area (Å²) in [4.78, 5) is 10.6. The van der Waals surface area contributed by atoms with Gasteiger partial charge in [-0.1, -0.05) is 6.92 Å². The van der Waals surface area contributed by atoms with Gasteiger partial charge in [0.05, 0.1) is 6.61 Å². The van der Waals surface area contributed by atoms with E-state index in [1.165, 1.54) is 0 Å². The number of nitrogens with one attached hydrogen (secondary N) is 1. The van der Waals surface area contributed by atoms with Crippen LogP contribution in [-0.4, -0.2) is 28.6 Å². The van der Waals surface area contributed by atoms with Crippen LogP contribution >= 0.6 is 11.8 Å². The number of nitrogens with two attached hydrogens (primary N) is 1. The van der Waals surface area contributed by atoms with Crippen molar-refractivity contribution in [2.24, 2.45) is 5.84 Å². The highest BCUT2D eigenvalue weighted by molar-refractivity contribution is 7.99. The molecule has 1 unspecified atom stereocenters. The van der Waals surface area contributed by atoms with Crippen molar-refractivity contribution >= 4 is 17.7 Å². The predicted molar refractivity (Wildman–Crippen MR) is 50.6 cm³/mol. The molecule has 0 aromatic heterocycles. The number of hydrogen-bond donors (Lipinski definition) is 3. The highest BCUT2D eigenvalue weighted by Crippen LogP contribution is 2.11. The quantitative estimate of drug-likeness (QED) is 0.237. The van der Waals surface area contributed by atoms with Gasteiger partial charge >= 0.3 is 0 Å². The second kappa shape index (κ2) is 7.39. The average molecular weight is 192 g/mol. The van der Waals surface area contributed by atoms with E-state index in [-0.39, 0.29) is 17.8 Å². The summed E-state index contributed by atoms with van der Waals surface area (Å²) >= 11 is 1.66. The molecule has 12 heavy (non-hydrogen) atoms. The Morgan fingerprint density at radius 2 is 2.42 bits per heavy atom. The maximum atomic E-state index is 10.6. The van der Waals surface area contributed by atoms with Crippen LogP contribution in [0.25, 0.3) is 0 Å².